The molecule has 0 spiro atoms. The van der Waals surface area contributed by atoms with Crippen LogP contribution in [0.4, 0.5) is 0 Å². The second-order valence-electron chi connectivity index (χ2n) is 19.1. The fraction of sp³-hybridized carbons (Fsp3) is 0. The molecule has 2 aliphatic rings. The van der Waals surface area contributed by atoms with Gasteiger partial charge in [0.2, 0.25) is 10.9 Å². The van der Waals surface area contributed by atoms with E-state index in [2.05, 4.69) is 92.7 Å². The Bertz CT molecular complexity index is 4770. The number of hydrogen-bond acceptors (Lipinski definition) is 6. The zero-order chi connectivity index (χ0) is 48.8. The summed E-state index contributed by atoms with van der Waals surface area (Å²) in [7, 11) is 0. The van der Waals surface area contributed by atoms with Crippen LogP contribution in [-0.4, -0.2) is 39.9 Å². The van der Waals surface area contributed by atoms with E-state index in [-0.39, 0.29) is 10.9 Å². The molecular formula is C64H36N8O2. The molecule has 0 saturated carbocycles. The van der Waals surface area contributed by atoms with E-state index in [0.717, 1.165) is 132 Å². The summed E-state index contributed by atoms with van der Waals surface area (Å²) in [4.78, 5) is 65.7. The Hall–Kier alpha value is -10.3. The number of nitrogens with one attached hydrogen (secondary N) is 4. The lowest BCUT2D eigenvalue weighted by Crippen LogP contribution is -2.03. The van der Waals surface area contributed by atoms with Gasteiger partial charge in [-0.2, -0.15) is 0 Å². The lowest BCUT2D eigenvalue weighted by molar-refractivity contribution is 1.29. The largest absolute Gasteiger partial charge is 0.354 e. The third-order valence-electron chi connectivity index (χ3n) is 14.9. The van der Waals surface area contributed by atoms with Gasteiger partial charge in [-0.05, 0) is 95.1 Å². The maximum atomic E-state index is 14.5. The van der Waals surface area contributed by atoms with Gasteiger partial charge < -0.3 is 19.9 Å². The number of aromatic amines is 4. The molecule has 74 heavy (non-hydrogen) atoms. The van der Waals surface area contributed by atoms with E-state index in [4.69, 9.17) is 19.9 Å². The van der Waals surface area contributed by atoms with Crippen molar-refractivity contribution in [1.29, 1.82) is 0 Å². The van der Waals surface area contributed by atoms with Crippen LogP contribution in [0.3, 0.4) is 0 Å². The van der Waals surface area contributed by atoms with Crippen molar-refractivity contribution < 1.29 is 0 Å². The Labute approximate surface area is 418 Å². The van der Waals surface area contributed by atoms with Gasteiger partial charge >= 0.3 is 0 Å². The van der Waals surface area contributed by atoms with E-state index in [1.807, 2.05) is 121 Å². The molecule has 0 atom stereocenters. The van der Waals surface area contributed by atoms with Crippen LogP contribution in [0.1, 0.15) is 22.8 Å². The van der Waals surface area contributed by atoms with Crippen molar-refractivity contribution in [3.8, 4) is 44.5 Å². The summed E-state index contributed by atoms with van der Waals surface area (Å²) >= 11 is 0. The Morgan fingerprint density at radius 2 is 0.649 bits per heavy atom. The summed E-state index contributed by atoms with van der Waals surface area (Å²) < 4.78 is 0. The maximum Gasteiger partial charge on any atom is 0.227 e. The number of hydrogen-bond donors (Lipinski definition) is 4. The van der Waals surface area contributed by atoms with Crippen LogP contribution in [-0.2, 0) is 0 Å². The highest BCUT2D eigenvalue weighted by molar-refractivity contribution is 6.39. The predicted molar refractivity (Wildman–Crippen MR) is 302 cm³/mol. The molecular weight excluding hydrogens is 913 g/mol. The van der Waals surface area contributed by atoms with E-state index in [1.165, 1.54) is 0 Å². The van der Waals surface area contributed by atoms with E-state index in [0.29, 0.717) is 33.8 Å². The Kier molecular flexibility index (Phi) is 8.24. The Balaban J connectivity index is 1.22. The van der Waals surface area contributed by atoms with Crippen LogP contribution in [0.15, 0.2) is 179 Å². The van der Waals surface area contributed by atoms with Gasteiger partial charge in [0.05, 0.1) is 55.5 Å². The van der Waals surface area contributed by atoms with Crippen molar-refractivity contribution >= 4 is 123 Å². The quantitative estimate of drug-likeness (QED) is 0.138. The molecule has 0 saturated heterocycles. The monoisotopic (exact) mass is 948 g/mol. The molecule has 2 aliphatic heterocycles. The average molecular weight is 949 g/mol. The van der Waals surface area contributed by atoms with Crippen molar-refractivity contribution in [2.45, 2.75) is 0 Å². The summed E-state index contributed by atoms with van der Waals surface area (Å²) in [6, 6.07) is 57.1. The summed E-state index contributed by atoms with van der Waals surface area (Å²) in [6.45, 7) is 0. The molecule has 0 unspecified atom stereocenters. The van der Waals surface area contributed by atoms with E-state index >= 15 is 0 Å². The molecule has 0 aliphatic carbocycles. The van der Waals surface area contributed by atoms with Crippen LogP contribution in [0.5, 0.6) is 0 Å². The van der Waals surface area contributed by atoms with Crippen molar-refractivity contribution in [3.63, 3.8) is 0 Å². The summed E-state index contributed by atoms with van der Waals surface area (Å²) in [6.07, 6.45) is 7.49. The van der Waals surface area contributed by atoms with Crippen LogP contribution in [0, 0.1) is 0 Å². The summed E-state index contributed by atoms with van der Waals surface area (Å²) in [5, 5.41) is 5.54. The number of rotatable bonds is 4. The average Bonchev–Trinajstić information content (AvgIpc) is 4.36. The molecule has 4 N–H and O–H groups in total. The fourth-order valence-corrected chi connectivity index (χ4v) is 11.7. The van der Waals surface area contributed by atoms with Crippen molar-refractivity contribution in [2.75, 3.05) is 0 Å². The van der Waals surface area contributed by atoms with E-state index in [9.17, 15) is 9.59 Å². The van der Waals surface area contributed by atoms with Crippen molar-refractivity contribution in [1.82, 2.24) is 39.9 Å². The zero-order valence-corrected chi connectivity index (χ0v) is 39.1. The Morgan fingerprint density at radius 3 is 1.04 bits per heavy atom. The second-order valence-corrected chi connectivity index (χ2v) is 19.1. The molecule has 10 heterocycles. The molecule has 10 nitrogen and oxygen atoms in total. The molecule has 0 fully saturated rings. The van der Waals surface area contributed by atoms with Gasteiger partial charge in [0, 0.05) is 76.6 Å². The predicted octanol–water partition coefficient (Wildman–Crippen LogP) is 14.4. The number of H-pyrrole nitrogens is 4. The third kappa shape index (κ3) is 5.81. The first kappa shape index (κ1) is 40.4. The van der Waals surface area contributed by atoms with Gasteiger partial charge in [-0.1, -0.05) is 121 Å². The number of nitrogens with zero attached hydrogens (tertiary/aromatic N) is 4. The highest BCUT2D eigenvalue weighted by Crippen LogP contribution is 2.48. The molecule has 14 aromatic rings. The molecule has 10 heteroatoms. The van der Waals surface area contributed by atoms with Gasteiger partial charge in [0.1, 0.15) is 11.4 Å². The van der Waals surface area contributed by atoms with Crippen LogP contribution < -0.4 is 10.9 Å². The lowest BCUT2D eigenvalue weighted by atomic mass is 9.97. The first-order valence-corrected chi connectivity index (χ1v) is 24.5. The fourth-order valence-electron chi connectivity index (χ4n) is 11.7. The minimum Gasteiger partial charge on any atom is -0.354 e. The molecule has 0 radical (unpaired) electrons. The van der Waals surface area contributed by atoms with E-state index in [1.54, 1.807) is 0 Å². The topological polar surface area (TPSA) is 149 Å². The summed E-state index contributed by atoms with van der Waals surface area (Å²) in [5.41, 5.74) is 17.4. The highest BCUT2D eigenvalue weighted by atomic mass is 16.1. The smallest absolute Gasteiger partial charge is 0.227 e. The van der Waals surface area contributed by atoms with Gasteiger partial charge in [0.25, 0.3) is 0 Å². The highest BCUT2D eigenvalue weighted by Gasteiger charge is 2.26. The van der Waals surface area contributed by atoms with Gasteiger partial charge in [0.15, 0.2) is 0 Å². The first-order chi connectivity index (χ1) is 36.5. The molecule has 344 valence electrons. The molecule has 0 amide bonds. The molecule has 6 aromatic carbocycles. The number of fused-ring (bicyclic) bond motifs is 14. The lowest BCUT2D eigenvalue weighted by Gasteiger charge is -2.07. The van der Waals surface area contributed by atoms with Crippen LogP contribution >= 0.6 is 0 Å². The minimum absolute atomic E-state index is 0.213. The van der Waals surface area contributed by atoms with Gasteiger partial charge in [-0.15, -0.1) is 0 Å². The van der Waals surface area contributed by atoms with E-state index < -0.39 is 0 Å². The van der Waals surface area contributed by atoms with Gasteiger partial charge in [-0.3, -0.25) is 9.59 Å². The molecule has 8 aromatic heterocycles. The SMILES string of the molecule is O=c1c2nc(c(-c3ccccc3)c3cc4c5cc6[nH]c5c5c7nc(cc7c7cc(nc7c5c4[nH]3)c(-c3ccccc3)c3ccc1[nH]3)c(-c1ccccc1)c1ccc([nH]1)c(=O)c1nc(c6-c3ccccc3)C=C1)C=C2. The molecule has 16 rings (SSSR count). The minimum atomic E-state index is -0.213. The van der Waals surface area contributed by atoms with Crippen LogP contribution in [0.2, 0.25) is 0 Å². The maximum absolute atomic E-state index is 14.5. The van der Waals surface area contributed by atoms with Crippen molar-refractivity contribution in [2.24, 2.45) is 0 Å². The van der Waals surface area contributed by atoms with Crippen molar-refractivity contribution in [3.05, 3.63) is 213 Å². The van der Waals surface area contributed by atoms with Crippen LogP contribution in [0.25, 0.3) is 167 Å². The Morgan fingerprint density at radius 1 is 0.297 bits per heavy atom. The number of aromatic nitrogens is 8. The normalized spacial score (nSPS) is 12.6. The first-order valence-electron chi connectivity index (χ1n) is 24.5. The summed E-state index contributed by atoms with van der Waals surface area (Å²) in [5.74, 6) is 0. The number of benzene rings is 6. The third-order valence-corrected chi connectivity index (χ3v) is 14.9. The zero-order valence-electron chi connectivity index (χ0n) is 39.1. The van der Waals surface area contributed by atoms with Gasteiger partial charge in [-0.25, -0.2) is 19.9 Å². The standard InChI is InChI=1S/C64H36N8O2/c73-63-45-25-21-41(65-45)53(33-13-5-1-6-14-33)49-29-37-38-30-50-54(34-15-7-2-8-16-34)43-23-27-47(67-43)64(74)48-28-24-44(68-48)56(36-19-11-4-12-20-36)52-32-40-39-31-51(55(35-17-9-3-10-18-35)42-22-26-46(63)66-42)71-61(39)57(59(37)69-49)58(60(38)70-50)62(40)72-52/h1-32,65,67,71-72H. The molecule has 16 bridgehead atoms. The second kappa shape index (κ2) is 15.1.